The van der Waals surface area contributed by atoms with Gasteiger partial charge >= 0.3 is 6.11 Å². The van der Waals surface area contributed by atoms with Crippen LogP contribution in [-0.2, 0) is 12.5 Å². The lowest BCUT2D eigenvalue weighted by atomic mass is 9.97. The molecule has 10 heteroatoms. The first-order chi connectivity index (χ1) is 21.4. The van der Waals surface area contributed by atoms with Crippen molar-refractivity contribution in [3.63, 3.8) is 0 Å². The molecule has 0 saturated carbocycles. The maximum absolute atomic E-state index is 15.1. The largest absolute Gasteiger partial charge is 0.432 e. The number of ether oxygens (including phenoxy) is 1. The summed E-state index contributed by atoms with van der Waals surface area (Å²) < 4.78 is 134. The van der Waals surface area contributed by atoms with Gasteiger partial charge in [0.15, 0.2) is 17.5 Å². The van der Waals surface area contributed by atoms with E-state index in [1.807, 2.05) is 31.2 Å². The molecule has 0 bridgehead atoms. The Labute approximate surface area is 251 Å². The third-order valence-corrected chi connectivity index (χ3v) is 6.97. The summed E-state index contributed by atoms with van der Waals surface area (Å²) >= 11 is 0. The standard InChI is InChI=1S/C35H21F9O/c1-2-3-4-19-5-7-20(8-6-19)21-9-11-25(27(36)13-21)22-14-29(38)33(30(39)15-22)35(43,44)45-24-10-12-26(28(37)18-24)23-16-31(40)34(42)32(41)17-23/h2-3,5-18H,4H2,1H3/b3-2-. The molecular weight excluding hydrogens is 607 g/mol. The molecule has 5 rings (SSSR count). The van der Waals surface area contributed by atoms with Crippen molar-refractivity contribution < 1.29 is 44.3 Å². The lowest BCUT2D eigenvalue weighted by Gasteiger charge is -2.20. The third-order valence-electron chi connectivity index (χ3n) is 6.97. The molecule has 0 radical (unpaired) electrons. The average molecular weight is 629 g/mol. The molecule has 5 aromatic rings. The highest BCUT2D eigenvalue weighted by atomic mass is 19.3. The van der Waals surface area contributed by atoms with Crippen molar-refractivity contribution in [2.75, 3.05) is 0 Å². The number of allylic oxidation sites excluding steroid dienone is 2. The van der Waals surface area contributed by atoms with Gasteiger partial charge < -0.3 is 4.74 Å². The van der Waals surface area contributed by atoms with Gasteiger partial charge in [-0.25, -0.2) is 30.7 Å². The first-order valence-electron chi connectivity index (χ1n) is 13.4. The third kappa shape index (κ3) is 6.60. The van der Waals surface area contributed by atoms with Crippen LogP contribution in [0.4, 0.5) is 39.5 Å². The minimum Gasteiger partial charge on any atom is -0.429 e. The molecule has 0 atom stereocenters. The van der Waals surface area contributed by atoms with Crippen LogP contribution in [0.25, 0.3) is 33.4 Å². The van der Waals surface area contributed by atoms with Crippen LogP contribution in [0.1, 0.15) is 18.1 Å². The SMILES string of the molecule is C/C=C\Cc1ccc(-c2ccc(-c3cc(F)c(C(F)(F)Oc4ccc(-c5cc(F)c(F)c(F)c5)c(F)c4)c(F)c3)c(F)c2)cc1. The number of benzene rings is 5. The van der Waals surface area contributed by atoms with Crippen LogP contribution in [0.2, 0.25) is 0 Å². The van der Waals surface area contributed by atoms with Gasteiger partial charge in [-0.1, -0.05) is 48.6 Å². The molecule has 0 unspecified atom stereocenters. The second-order valence-corrected chi connectivity index (χ2v) is 9.99. The highest BCUT2D eigenvalue weighted by Crippen LogP contribution is 2.39. The maximum Gasteiger partial charge on any atom is 0.432 e. The van der Waals surface area contributed by atoms with E-state index in [9.17, 15) is 35.1 Å². The average Bonchev–Trinajstić information content (AvgIpc) is 2.98. The zero-order valence-electron chi connectivity index (χ0n) is 23.3. The fraction of sp³-hybridized carbons (Fsp3) is 0.0857. The van der Waals surface area contributed by atoms with Crippen molar-refractivity contribution >= 4 is 0 Å². The van der Waals surface area contributed by atoms with E-state index in [1.165, 1.54) is 12.1 Å². The maximum atomic E-state index is 15.1. The van der Waals surface area contributed by atoms with E-state index >= 15 is 4.39 Å². The molecule has 45 heavy (non-hydrogen) atoms. The van der Waals surface area contributed by atoms with E-state index < -0.39 is 69.3 Å². The van der Waals surface area contributed by atoms with Gasteiger partial charge in [0.25, 0.3) is 0 Å². The Kier molecular flexibility index (Phi) is 8.77. The number of halogens is 9. The summed E-state index contributed by atoms with van der Waals surface area (Å²) in [5.41, 5.74) is -1.12. The lowest BCUT2D eigenvalue weighted by Crippen LogP contribution is -2.25. The number of rotatable bonds is 8. The molecule has 0 saturated heterocycles. The van der Waals surface area contributed by atoms with Gasteiger partial charge in [0.1, 0.15) is 34.6 Å². The van der Waals surface area contributed by atoms with Gasteiger partial charge in [0.2, 0.25) is 0 Å². The summed E-state index contributed by atoms with van der Waals surface area (Å²) in [6, 6.07) is 15.3. The van der Waals surface area contributed by atoms with E-state index in [0.717, 1.165) is 30.2 Å². The summed E-state index contributed by atoms with van der Waals surface area (Å²) in [5.74, 6) is -11.5. The van der Waals surface area contributed by atoms with Crippen LogP contribution >= 0.6 is 0 Å². The van der Waals surface area contributed by atoms with Crippen molar-refractivity contribution in [1.82, 2.24) is 0 Å². The predicted octanol–water partition coefficient (Wildman–Crippen LogP) is 10.9. The van der Waals surface area contributed by atoms with E-state index in [-0.39, 0.29) is 11.1 Å². The zero-order valence-corrected chi connectivity index (χ0v) is 23.3. The van der Waals surface area contributed by atoms with Crippen molar-refractivity contribution in [3.05, 3.63) is 149 Å². The number of hydrogen-bond acceptors (Lipinski definition) is 1. The van der Waals surface area contributed by atoms with E-state index in [1.54, 1.807) is 12.1 Å². The summed E-state index contributed by atoms with van der Waals surface area (Å²) in [5, 5.41) is 0. The highest BCUT2D eigenvalue weighted by Gasteiger charge is 2.41. The molecular formula is C35H21F9O. The van der Waals surface area contributed by atoms with Crippen LogP contribution in [0.3, 0.4) is 0 Å². The van der Waals surface area contributed by atoms with Crippen LogP contribution in [0.5, 0.6) is 5.75 Å². The Morgan fingerprint density at radius 1 is 0.556 bits per heavy atom. The van der Waals surface area contributed by atoms with E-state index in [2.05, 4.69) is 4.74 Å². The molecule has 5 aromatic carbocycles. The van der Waals surface area contributed by atoms with Gasteiger partial charge in [-0.05, 0) is 83.6 Å². The molecule has 1 nitrogen and oxygen atoms in total. The summed E-state index contributed by atoms with van der Waals surface area (Å²) in [6.45, 7) is 1.90. The molecule has 0 aliphatic rings. The summed E-state index contributed by atoms with van der Waals surface area (Å²) in [4.78, 5) is 0. The number of hydrogen-bond donors (Lipinski definition) is 0. The molecule has 0 amide bonds. The summed E-state index contributed by atoms with van der Waals surface area (Å²) in [7, 11) is 0. The van der Waals surface area contributed by atoms with Gasteiger partial charge in [-0.2, -0.15) is 8.78 Å². The van der Waals surface area contributed by atoms with Crippen LogP contribution in [0.15, 0.2) is 97.1 Å². The van der Waals surface area contributed by atoms with Gasteiger partial charge in [0, 0.05) is 17.2 Å². The first kappa shape index (κ1) is 31.4. The van der Waals surface area contributed by atoms with Crippen LogP contribution in [-0.4, -0.2) is 0 Å². The smallest absolute Gasteiger partial charge is 0.429 e. The monoisotopic (exact) mass is 628 g/mol. The minimum absolute atomic E-state index is 0.247. The molecule has 230 valence electrons. The Hall–Kier alpha value is -4.99. The van der Waals surface area contributed by atoms with Gasteiger partial charge in [-0.15, -0.1) is 0 Å². The lowest BCUT2D eigenvalue weighted by molar-refractivity contribution is -0.189. The van der Waals surface area contributed by atoms with E-state index in [4.69, 9.17) is 0 Å². The Balaban J connectivity index is 1.38. The zero-order chi connectivity index (χ0) is 32.5. The molecule has 0 aliphatic heterocycles. The Morgan fingerprint density at radius 3 is 1.58 bits per heavy atom. The molecule has 0 aliphatic carbocycles. The first-order valence-corrected chi connectivity index (χ1v) is 13.4. The normalized spacial score (nSPS) is 11.8. The van der Waals surface area contributed by atoms with Crippen molar-refractivity contribution in [3.8, 4) is 39.1 Å². The molecule has 0 aromatic heterocycles. The second-order valence-electron chi connectivity index (χ2n) is 9.99. The molecule has 0 heterocycles. The molecule has 0 fully saturated rings. The second kappa shape index (κ2) is 12.6. The fourth-order valence-corrected chi connectivity index (χ4v) is 4.73. The van der Waals surface area contributed by atoms with Gasteiger partial charge in [0.05, 0.1) is 0 Å². The van der Waals surface area contributed by atoms with Crippen molar-refractivity contribution in [2.45, 2.75) is 19.5 Å². The predicted molar refractivity (Wildman–Crippen MR) is 152 cm³/mol. The molecule has 0 N–H and O–H groups in total. The highest BCUT2D eigenvalue weighted by molar-refractivity contribution is 5.72. The Morgan fingerprint density at radius 2 is 1.04 bits per heavy atom. The fourth-order valence-electron chi connectivity index (χ4n) is 4.73. The number of alkyl halides is 2. The minimum atomic E-state index is -4.67. The van der Waals surface area contributed by atoms with Gasteiger partial charge in [-0.3, -0.25) is 0 Å². The van der Waals surface area contributed by atoms with Crippen LogP contribution < -0.4 is 4.74 Å². The quantitative estimate of drug-likeness (QED) is 0.0944. The van der Waals surface area contributed by atoms with Crippen molar-refractivity contribution in [1.29, 1.82) is 0 Å². The summed E-state index contributed by atoms with van der Waals surface area (Å²) in [6.07, 6.45) is -0.0400. The Bertz CT molecular complexity index is 1870. The van der Waals surface area contributed by atoms with Crippen molar-refractivity contribution in [2.24, 2.45) is 0 Å². The van der Waals surface area contributed by atoms with Crippen LogP contribution in [0, 0.1) is 40.7 Å². The molecule has 0 spiro atoms. The van der Waals surface area contributed by atoms with E-state index in [0.29, 0.717) is 41.5 Å². The topological polar surface area (TPSA) is 9.23 Å².